The molecule has 0 spiro atoms. The minimum absolute atomic E-state index is 0.0176. The van der Waals surface area contributed by atoms with Crippen molar-refractivity contribution in [3.63, 3.8) is 0 Å². The number of nitrogens with zero attached hydrogens (tertiary/aromatic N) is 2. The molecule has 7 nitrogen and oxygen atoms in total. The van der Waals surface area contributed by atoms with Gasteiger partial charge in [0.2, 0.25) is 5.91 Å². The molecule has 0 unspecified atom stereocenters. The number of carbonyl (C=O) groups is 3. The van der Waals surface area contributed by atoms with Gasteiger partial charge in [0, 0.05) is 23.9 Å². The quantitative estimate of drug-likeness (QED) is 0.803. The molecule has 0 bridgehead atoms. The molecule has 1 aliphatic rings. The van der Waals surface area contributed by atoms with E-state index in [-0.39, 0.29) is 18.1 Å². The Kier molecular flexibility index (Phi) is 5.96. The van der Waals surface area contributed by atoms with Crippen molar-refractivity contribution < 1.29 is 14.4 Å². The number of benzene rings is 1. The SMILES string of the molecule is O=C(CN1CCCCCC1=O)NNC(=O)c1csc(-c2ccccc2)n1. The number of carbonyl (C=O) groups excluding carboxylic acids is 3. The molecule has 0 atom stereocenters. The van der Waals surface area contributed by atoms with Gasteiger partial charge >= 0.3 is 0 Å². The van der Waals surface area contributed by atoms with Crippen molar-refractivity contribution in [3.8, 4) is 10.6 Å². The molecular formula is C18H20N4O3S. The molecule has 8 heteroatoms. The maximum absolute atomic E-state index is 12.1. The van der Waals surface area contributed by atoms with Crippen LogP contribution in [0.15, 0.2) is 35.7 Å². The number of amides is 3. The average Bonchev–Trinajstić information content (AvgIpc) is 3.07. The number of hydrogen-bond donors (Lipinski definition) is 2. The first-order valence-corrected chi connectivity index (χ1v) is 9.39. The fraction of sp³-hybridized carbons (Fsp3) is 0.333. The lowest BCUT2D eigenvalue weighted by molar-refractivity contribution is -0.135. The Morgan fingerprint density at radius 1 is 1.12 bits per heavy atom. The second-order valence-corrected chi connectivity index (χ2v) is 6.89. The van der Waals surface area contributed by atoms with E-state index in [1.54, 1.807) is 5.38 Å². The average molecular weight is 372 g/mol. The van der Waals surface area contributed by atoms with Crippen molar-refractivity contribution >= 4 is 29.1 Å². The van der Waals surface area contributed by atoms with E-state index in [9.17, 15) is 14.4 Å². The van der Waals surface area contributed by atoms with Crippen LogP contribution in [0.5, 0.6) is 0 Å². The highest BCUT2D eigenvalue weighted by Crippen LogP contribution is 2.23. The van der Waals surface area contributed by atoms with Crippen LogP contribution in [0.1, 0.15) is 36.2 Å². The van der Waals surface area contributed by atoms with Crippen LogP contribution in [0.3, 0.4) is 0 Å². The van der Waals surface area contributed by atoms with E-state index in [0.29, 0.717) is 13.0 Å². The number of nitrogens with one attached hydrogen (secondary N) is 2. The fourth-order valence-corrected chi connectivity index (χ4v) is 3.51. The number of likely N-dealkylation sites (tertiary alicyclic amines) is 1. The molecule has 1 aromatic carbocycles. The molecule has 2 N–H and O–H groups in total. The molecule has 2 heterocycles. The van der Waals surface area contributed by atoms with Gasteiger partial charge in [0.25, 0.3) is 11.8 Å². The lowest BCUT2D eigenvalue weighted by Crippen LogP contribution is -2.47. The molecule has 1 aromatic heterocycles. The summed E-state index contributed by atoms with van der Waals surface area (Å²) in [6, 6.07) is 9.55. The lowest BCUT2D eigenvalue weighted by atomic mass is 10.2. The van der Waals surface area contributed by atoms with Crippen molar-refractivity contribution in [3.05, 3.63) is 41.4 Å². The molecule has 2 aromatic rings. The summed E-state index contributed by atoms with van der Waals surface area (Å²) in [5.41, 5.74) is 5.87. The normalized spacial score (nSPS) is 14.6. The Bertz CT molecular complexity index is 791. The zero-order valence-electron chi connectivity index (χ0n) is 14.2. The third-order valence-corrected chi connectivity index (χ3v) is 4.97. The highest BCUT2D eigenvalue weighted by molar-refractivity contribution is 7.13. The van der Waals surface area contributed by atoms with Gasteiger partial charge in [-0.2, -0.15) is 0 Å². The number of thiazole rings is 1. The zero-order chi connectivity index (χ0) is 18.4. The number of aromatic nitrogens is 1. The van der Waals surface area contributed by atoms with Crippen molar-refractivity contribution in [2.45, 2.75) is 25.7 Å². The summed E-state index contributed by atoms with van der Waals surface area (Å²) in [5, 5.41) is 2.37. The maximum Gasteiger partial charge on any atom is 0.289 e. The first-order valence-electron chi connectivity index (χ1n) is 8.51. The molecule has 3 rings (SSSR count). The Morgan fingerprint density at radius 2 is 1.92 bits per heavy atom. The van der Waals surface area contributed by atoms with E-state index in [1.165, 1.54) is 16.2 Å². The molecule has 0 radical (unpaired) electrons. The number of hydrogen-bond acceptors (Lipinski definition) is 5. The van der Waals surface area contributed by atoms with Crippen LogP contribution in [0.25, 0.3) is 10.6 Å². The molecule has 136 valence electrons. The minimum Gasteiger partial charge on any atom is -0.333 e. The van der Waals surface area contributed by atoms with Gasteiger partial charge in [-0.05, 0) is 12.8 Å². The fourth-order valence-electron chi connectivity index (χ4n) is 2.70. The molecular weight excluding hydrogens is 352 g/mol. The van der Waals surface area contributed by atoms with Crippen LogP contribution >= 0.6 is 11.3 Å². The van der Waals surface area contributed by atoms with Gasteiger partial charge in [-0.3, -0.25) is 25.2 Å². The van der Waals surface area contributed by atoms with E-state index in [0.717, 1.165) is 29.8 Å². The predicted octanol–water partition coefficient (Wildman–Crippen LogP) is 1.97. The molecule has 1 aliphatic heterocycles. The molecule has 1 saturated heterocycles. The minimum atomic E-state index is -0.487. The summed E-state index contributed by atoms with van der Waals surface area (Å²) in [6.45, 7) is 0.526. The van der Waals surface area contributed by atoms with E-state index >= 15 is 0 Å². The van der Waals surface area contributed by atoms with Crippen LogP contribution in [0.4, 0.5) is 0 Å². The topological polar surface area (TPSA) is 91.4 Å². The summed E-state index contributed by atoms with van der Waals surface area (Å²) in [7, 11) is 0. The third kappa shape index (κ3) is 4.66. The van der Waals surface area contributed by atoms with Crippen LogP contribution in [-0.4, -0.2) is 40.7 Å². The Hall–Kier alpha value is -2.74. The highest BCUT2D eigenvalue weighted by atomic mass is 32.1. The Balaban J connectivity index is 1.51. The van der Waals surface area contributed by atoms with Gasteiger partial charge < -0.3 is 4.90 Å². The first-order chi connectivity index (χ1) is 12.6. The van der Waals surface area contributed by atoms with Crippen molar-refractivity contribution in [1.82, 2.24) is 20.7 Å². The van der Waals surface area contributed by atoms with Gasteiger partial charge in [-0.15, -0.1) is 11.3 Å². The molecule has 3 amide bonds. The van der Waals surface area contributed by atoms with Crippen LogP contribution < -0.4 is 10.9 Å². The smallest absolute Gasteiger partial charge is 0.289 e. The summed E-state index contributed by atoms with van der Waals surface area (Å²) in [6.07, 6.45) is 3.22. The molecule has 0 saturated carbocycles. The standard InChI is InChI=1S/C18H20N4O3S/c23-15(11-22-10-6-2-5-9-16(22)24)20-21-17(25)14-12-26-18(19-14)13-7-3-1-4-8-13/h1,3-4,7-8,12H,2,5-6,9-11H2,(H,20,23)(H,21,25). The predicted molar refractivity (Wildman–Crippen MR) is 98.2 cm³/mol. The second kappa shape index (κ2) is 8.57. The Labute approximate surface area is 155 Å². The molecule has 26 heavy (non-hydrogen) atoms. The summed E-state index contributed by atoms with van der Waals surface area (Å²) >= 11 is 1.36. The third-order valence-electron chi connectivity index (χ3n) is 4.08. The lowest BCUT2D eigenvalue weighted by Gasteiger charge is -2.19. The zero-order valence-corrected chi connectivity index (χ0v) is 15.1. The van der Waals surface area contributed by atoms with Gasteiger partial charge in [0.1, 0.15) is 17.2 Å². The summed E-state index contributed by atoms with van der Waals surface area (Å²) < 4.78 is 0. The Morgan fingerprint density at radius 3 is 2.73 bits per heavy atom. The van der Waals surface area contributed by atoms with Crippen LogP contribution in [-0.2, 0) is 9.59 Å². The van der Waals surface area contributed by atoms with Crippen molar-refractivity contribution in [1.29, 1.82) is 0 Å². The van der Waals surface area contributed by atoms with Crippen molar-refractivity contribution in [2.75, 3.05) is 13.1 Å². The van der Waals surface area contributed by atoms with E-state index in [2.05, 4.69) is 15.8 Å². The van der Waals surface area contributed by atoms with E-state index < -0.39 is 11.8 Å². The summed E-state index contributed by atoms with van der Waals surface area (Å²) in [4.78, 5) is 41.9. The molecule has 0 aliphatic carbocycles. The maximum atomic E-state index is 12.1. The van der Waals surface area contributed by atoms with E-state index in [4.69, 9.17) is 0 Å². The van der Waals surface area contributed by atoms with Gasteiger partial charge in [0.05, 0.1) is 0 Å². The van der Waals surface area contributed by atoms with Gasteiger partial charge in [0.15, 0.2) is 0 Å². The van der Waals surface area contributed by atoms with Crippen molar-refractivity contribution in [2.24, 2.45) is 0 Å². The number of hydrazine groups is 1. The highest BCUT2D eigenvalue weighted by Gasteiger charge is 2.20. The second-order valence-electron chi connectivity index (χ2n) is 6.03. The largest absolute Gasteiger partial charge is 0.333 e. The summed E-state index contributed by atoms with van der Waals surface area (Å²) in [5.74, 6) is -0.929. The van der Waals surface area contributed by atoms with Gasteiger partial charge in [-0.1, -0.05) is 36.8 Å². The van der Waals surface area contributed by atoms with Gasteiger partial charge in [-0.25, -0.2) is 4.98 Å². The number of rotatable bonds is 4. The first kappa shape index (κ1) is 18.1. The monoisotopic (exact) mass is 372 g/mol. The van der Waals surface area contributed by atoms with E-state index in [1.807, 2.05) is 30.3 Å². The van der Waals surface area contributed by atoms with Crippen LogP contribution in [0, 0.1) is 0 Å². The van der Waals surface area contributed by atoms with Crippen LogP contribution in [0.2, 0.25) is 0 Å². The molecule has 1 fully saturated rings.